The van der Waals surface area contributed by atoms with Crippen molar-refractivity contribution in [2.24, 2.45) is 0 Å². The number of thiophene rings is 1. The van der Waals surface area contributed by atoms with Gasteiger partial charge in [0.2, 0.25) is 0 Å². The Hall–Kier alpha value is -4.62. The first kappa shape index (κ1) is 31.4. The van der Waals surface area contributed by atoms with Gasteiger partial charge in [0.25, 0.3) is 5.91 Å². The molecule has 3 amide bonds. The van der Waals surface area contributed by atoms with Crippen LogP contribution in [0.2, 0.25) is 0 Å². The number of esters is 1. The molecule has 3 aromatic heterocycles. The van der Waals surface area contributed by atoms with Gasteiger partial charge in [-0.3, -0.25) is 24.5 Å². The van der Waals surface area contributed by atoms with Gasteiger partial charge in [-0.15, -0.1) is 11.3 Å². The fraction of sp³-hybridized carbons (Fsp3) is 0.364. The maximum absolute atomic E-state index is 14.9. The molecule has 0 spiro atoms. The van der Waals surface area contributed by atoms with Gasteiger partial charge in [-0.05, 0) is 49.1 Å². The van der Waals surface area contributed by atoms with E-state index in [0.29, 0.717) is 49.4 Å². The van der Waals surface area contributed by atoms with Crippen molar-refractivity contribution in [3.8, 4) is 22.1 Å². The maximum atomic E-state index is 14.9. The van der Waals surface area contributed by atoms with Gasteiger partial charge in [0.15, 0.2) is 18.2 Å². The molecular weight excluding hydrogens is 611 g/mol. The lowest BCUT2D eigenvalue weighted by Crippen LogP contribution is -2.49. The second kappa shape index (κ2) is 14.2. The van der Waals surface area contributed by atoms with E-state index in [4.69, 9.17) is 14.5 Å². The lowest BCUT2D eigenvalue weighted by molar-refractivity contribution is -0.152. The maximum Gasteiger partial charge on any atom is 0.319 e. The molecule has 0 atom stereocenters. The van der Waals surface area contributed by atoms with Crippen LogP contribution in [0.1, 0.15) is 38.2 Å². The largest absolute Gasteiger partial charge is 0.456 e. The van der Waals surface area contributed by atoms with Gasteiger partial charge in [-0.1, -0.05) is 13.0 Å². The van der Waals surface area contributed by atoms with Crippen molar-refractivity contribution in [2.45, 2.75) is 45.2 Å². The molecule has 6 rings (SSSR count). The van der Waals surface area contributed by atoms with Crippen LogP contribution < -0.4 is 15.4 Å². The third kappa shape index (κ3) is 7.96. The van der Waals surface area contributed by atoms with E-state index < -0.39 is 5.82 Å². The molecule has 1 aromatic carbocycles. The molecule has 46 heavy (non-hydrogen) atoms. The number of nitrogens with zero attached hydrogens (tertiary/aromatic N) is 4. The highest BCUT2D eigenvalue weighted by molar-refractivity contribution is 7.22. The molecule has 2 N–H and O–H groups in total. The molecule has 2 aliphatic rings. The molecular formula is C33H35FN6O5S. The van der Waals surface area contributed by atoms with Crippen LogP contribution >= 0.6 is 11.3 Å². The number of amides is 3. The number of anilines is 1. The van der Waals surface area contributed by atoms with Crippen LogP contribution in [0, 0.1) is 5.82 Å². The number of carbonyl (C=O) groups excluding carboxylic acids is 3. The van der Waals surface area contributed by atoms with Crippen LogP contribution in [0.3, 0.4) is 0 Å². The number of piperazine rings is 1. The van der Waals surface area contributed by atoms with Gasteiger partial charge >= 0.3 is 12.0 Å². The molecule has 1 saturated carbocycles. The quantitative estimate of drug-likeness (QED) is 0.203. The number of pyridine rings is 2. The van der Waals surface area contributed by atoms with Crippen molar-refractivity contribution in [3.05, 3.63) is 66.2 Å². The zero-order valence-electron chi connectivity index (χ0n) is 25.5. The third-order valence-electron chi connectivity index (χ3n) is 7.72. The van der Waals surface area contributed by atoms with Gasteiger partial charge in [-0.25, -0.2) is 9.18 Å². The number of hydrogen-bond acceptors (Lipinski definition) is 9. The van der Waals surface area contributed by atoms with Crippen molar-refractivity contribution in [2.75, 3.05) is 38.1 Å². The summed E-state index contributed by atoms with van der Waals surface area (Å²) < 4.78 is 26.7. The van der Waals surface area contributed by atoms with Gasteiger partial charge < -0.3 is 25.0 Å². The third-order valence-corrected chi connectivity index (χ3v) is 8.88. The molecule has 1 aliphatic heterocycles. The molecule has 2 fully saturated rings. The van der Waals surface area contributed by atoms with E-state index in [1.807, 2.05) is 31.3 Å². The summed E-state index contributed by atoms with van der Waals surface area (Å²) in [5.74, 6) is -0.580. The predicted molar refractivity (Wildman–Crippen MR) is 172 cm³/mol. The second-order valence-electron chi connectivity index (χ2n) is 11.4. The first-order chi connectivity index (χ1) is 22.3. The minimum atomic E-state index is -0.593. The van der Waals surface area contributed by atoms with Gasteiger partial charge in [0, 0.05) is 75.4 Å². The number of rotatable bonds is 11. The van der Waals surface area contributed by atoms with E-state index >= 15 is 0 Å². The summed E-state index contributed by atoms with van der Waals surface area (Å²) in [4.78, 5) is 50.0. The number of hydrogen-bond donors (Lipinski definition) is 2. The lowest BCUT2D eigenvalue weighted by atomic mass is 10.2. The molecule has 4 heterocycles. The van der Waals surface area contributed by atoms with Gasteiger partial charge in [0.05, 0.1) is 20.8 Å². The first-order valence-corrected chi connectivity index (χ1v) is 16.2. The number of fused-ring (bicyclic) bond motifs is 1. The predicted octanol–water partition coefficient (Wildman–Crippen LogP) is 5.56. The van der Waals surface area contributed by atoms with Crippen molar-refractivity contribution < 1.29 is 28.2 Å². The molecule has 13 heteroatoms. The Kier molecular flexibility index (Phi) is 9.69. The van der Waals surface area contributed by atoms with E-state index in [-0.39, 0.29) is 36.3 Å². The Labute approximate surface area is 269 Å². The van der Waals surface area contributed by atoms with Gasteiger partial charge in [-0.2, -0.15) is 0 Å². The number of urea groups is 1. The monoisotopic (exact) mass is 646 g/mol. The molecule has 0 radical (unpaired) electrons. The SMILES string of the molecule is CCCC(=O)OCC(=O)N1CCN(Cc2ccc(-c3cc4nccc(Oc5ccc(NC(=O)NC6CC6)cc5F)c4s3)nc2)CC1. The van der Waals surface area contributed by atoms with Crippen LogP contribution in [-0.2, 0) is 20.9 Å². The first-order valence-electron chi connectivity index (χ1n) is 15.4. The molecule has 0 unspecified atom stereocenters. The summed E-state index contributed by atoms with van der Waals surface area (Å²) in [7, 11) is 0. The summed E-state index contributed by atoms with van der Waals surface area (Å²) in [6.07, 6.45) is 6.42. The summed E-state index contributed by atoms with van der Waals surface area (Å²) in [5, 5.41) is 5.46. The average molecular weight is 647 g/mol. The average Bonchev–Trinajstić information content (AvgIpc) is 3.75. The minimum Gasteiger partial charge on any atom is -0.456 e. The molecule has 1 aliphatic carbocycles. The van der Waals surface area contributed by atoms with E-state index in [0.717, 1.165) is 46.8 Å². The number of nitrogens with one attached hydrogen (secondary N) is 2. The Bertz CT molecular complexity index is 1720. The highest BCUT2D eigenvalue weighted by atomic mass is 32.1. The van der Waals surface area contributed by atoms with Crippen molar-refractivity contribution in [3.63, 3.8) is 0 Å². The van der Waals surface area contributed by atoms with Crippen LogP contribution in [0.25, 0.3) is 20.8 Å². The van der Waals surface area contributed by atoms with Crippen molar-refractivity contribution >= 4 is 45.1 Å². The summed E-state index contributed by atoms with van der Waals surface area (Å²) >= 11 is 1.46. The Morgan fingerprint density at radius 2 is 1.85 bits per heavy atom. The standard InChI is InChI=1S/C33H35FN6O5S/c1-2-3-31(42)44-20-30(41)40-14-12-39(13-15-40)19-21-4-8-25(36-18-21)29-17-26-32(46-29)28(10-11-35-26)45-27-9-7-23(16-24(27)34)38-33(43)37-22-5-6-22/h4,7-11,16-18,22H,2-3,5-6,12-15,19-20H2,1H3,(H2,37,38,43). The number of carbonyl (C=O) groups is 3. The van der Waals surface area contributed by atoms with Crippen LogP contribution in [0.15, 0.2) is 54.9 Å². The van der Waals surface area contributed by atoms with Gasteiger partial charge in [0.1, 0.15) is 5.75 Å². The fourth-order valence-electron chi connectivity index (χ4n) is 5.07. The molecule has 1 saturated heterocycles. The normalized spacial score (nSPS) is 15.0. The van der Waals surface area contributed by atoms with E-state index in [2.05, 4.69) is 20.5 Å². The molecule has 4 aromatic rings. The summed E-state index contributed by atoms with van der Waals surface area (Å²) in [6.45, 7) is 5.00. The Morgan fingerprint density at radius 1 is 1.02 bits per heavy atom. The van der Waals surface area contributed by atoms with E-state index in [1.54, 1.807) is 23.2 Å². The fourth-order valence-corrected chi connectivity index (χ4v) is 6.11. The lowest BCUT2D eigenvalue weighted by Gasteiger charge is -2.34. The smallest absolute Gasteiger partial charge is 0.319 e. The van der Waals surface area contributed by atoms with Crippen molar-refractivity contribution in [1.82, 2.24) is 25.1 Å². The Balaban J connectivity index is 1.04. The summed E-state index contributed by atoms with van der Waals surface area (Å²) in [6, 6.07) is 11.8. The highest BCUT2D eigenvalue weighted by Crippen LogP contribution is 2.39. The zero-order valence-corrected chi connectivity index (χ0v) is 26.3. The molecule has 11 nitrogen and oxygen atoms in total. The van der Waals surface area contributed by atoms with Crippen molar-refractivity contribution in [1.29, 1.82) is 0 Å². The van der Waals surface area contributed by atoms with Crippen LogP contribution in [0.4, 0.5) is 14.9 Å². The molecule has 0 bridgehead atoms. The topological polar surface area (TPSA) is 126 Å². The Morgan fingerprint density at radius 3 is 2.57 bits per heavy atom. The zero-order chi connectivity index (χ0) is 32.0. The number of ether oxygens (including phenoxy) is 2. The second-order valence-corrected chi connectivity index (χ2v) is 12.4. The van der Waals surface area contributed by atoms with Crippen LogP contribution in [0.5, 0.6) is 11.5 Å². The minimum absolute atomic E-state index is 0.0405. The number of halogens is 1. The highest BCUT2D eigenvalue weighted by Gasteiger charge is 2.24. The molecule has 240 valence electrons. The summed E-state index contributed by atoms with van der Waals surface area (Å²) in [5.41, 5.74) is 2.90. The number of benzene rings is 1. The van der Waals surface area contributed by atoms with Crippen LogP contribution in [-0.4, -0.2) is 76.5 Å². The van der Waals surface area contributed by atoms with E-state index in [1.165, 1.54) is 23.5 Å². The van der Waals surface area contributed by atoms with E-state index in [9.17, 15) is 18.8 Å². The number of aromatic nitrogens is 2.